The third kappa shape index (κ3) is 3.97. The summed E-state index contributed by atoms with van der Waals surface area (Å²) < 4.78 is 10.3. The molecule has 1 aliphatic heterocycles. The van der Waals surface area contributed by atoms with Crippen molar-refractivity contribution in [3.8, 4) is 0 Å². The molecule has 7 heteroatoms. The van der Waals surface area contributed by atoms with Gasteiger partial charge in [0.05, 0.1) is 23.5 Å². The molecule has 1 aromatic heterocycles. The number of rotatable bonds is 4. The van der Waals surface area contributed by atoms with E-state index in [4.69, 9.17) is 20.8 Å². The number of esters is 1. The number of aliphatic imine (C=N–C) groups is 1. The zero-order valence-electron chi connectivity index (χ0n) is 13.2. The molecule has 2 aromatic rings. The van der Waals surface area contributed by atoms with Crippen molar-refractivity contribution in [1.29, 1.82) is 0 Å². The molecule has 1 N–H and O–H groups in total. The first-order valence-electron chi connectivity index (χ1n) is 7.47. The van der Waals surface area contributed by atoms with Crippen LogP contribution in [0.25, 0.3) is 6.08 Å². The molecule has 2 heterocycles. The second-order valence-electron chi connectivity index (χ2n) is 4.96. The first kappa shape index (κ1) is 17.4. The van der Waals surface area contributed by atoms with Gasteiger partial charge in [0.15, 0.2) is 0 Å². The van der Waals surface area contributed by atoms with Gasteiger partial charge in [0.2, 0.25) is 0 Å². The zero-order chi connectivity index (χ0) is 17.8. The van der Waals surface area contributed by atoms with Crippen LogP contribution < -0.4 is 0 Å². The van der Waals surface area contributed by atoms with Crippen LogP contribution in [0.2, 0.25) is 5.02 Å². The standard InChI is InChI=1S/C18H14ClNO4S/c1-2-23-18(22)15-16(21)14(10-13-4-3-9-24-13)25-17(15)20-12-7-5-11(19)6-8-12/h3-10,21H,2H2,1H3/b14-10+,20-17?. The molecule has 25 heavy (non-hydrogen) atoms. The molecule has 0 saturated heterocycles. The zero-order valence-corrected chi connectivity index (χ0v) is 14.8. The van der Waals surface area contributed by atoms with E-state index in [2.05, 4.69) is 4.99 Å². The van der Waals surface area contributed by atoms with Crippen LogP contribution in [-0.2, 0) is 9.53 Å². The average molecular weight is 376 g/mol. The molecule has 0 amide bonds. The van der Waals surface area contributed by atoms with Gasteiger partial charge in [0, 0.05) is 5.02 Å². The molecule has 0 aliphatic carbocycles. The van der Waals surface area contributed by atoms with Gasteiger partial charge in [-0.2, -0.15) is 0 Å². The van der Waals surface area contributed by atoms with Gasteiger partial charge in [0.25, 0.3) is 0 Å². The van der Waals surface area contributed by atoms with Crippen molar-refractivity contribution >= 4 is 46.1 Å². The first-order chi connectivity index (χ1) is 12.1. The number of halogens is 1. The minimum Gasteiger partial charge on any atom is -0.506 e. The summed E-state index contributed by atoms with van der Waals surface area (Å²) in [6.45, 7) is 1.90. The Labute approximate surface area is 153 Å². The topological polar surface area (TPSA) is 72.0 Å². The SMILES string of the molecule is CCOC(=O)C1=C(O)/C(=C\c2ccco2)SC1=Nc1ccc(Cl)cc1. The van der Waals surface area contributed by atoms with Gasteiger partial charge in [-0.05, 0) is 49.4 Å². The summed E-state index contributed by atoms with van der Waals surface area (Å²) in [5.74, 6) is -0.236. The van der Waals surface area contributed by atoms with Crippen molar-refractivity contribution in [3.63, 3.8) is 0 Å². The number of hydrogen-bond acceptors (Lipinski definition) is 6. The summed E-state index contributed by atoms with van der Waals surface area (Å²) in [6, 6.07) is 10.3. The lowest BCUT2D eigenvalue weighted by atomic mass is 10.2. The van der Waals surface area contributed by atoms with Crippen molar-refractivity contribution < 1.29 is 19.1 Å². The van der Waals surface area contributed by atoms with Crippen LogP contribution in [-0.4, -0.2) is 22.7 Å². The number of aliphatic hydroxyl groups is 1. The Balaban J connectivity index is 2.02. The molecule has 0 bridgehead atoms. The van der Waals surface area contributed by atoms with E-state index in [0.717, 1.165) is 0 Å². The van der Waals surface area contributed by atoms with Gasteiger partial charge in [-0.1, -0.05) is 23.4 Å². The van der Waals surface area contributed by atoms with Crippen LogP contribution in [0.5, 0.6) is 0 Å². The third-order valence-electron chi connectivity index (χ3n) is 3.24. The van der Waals surface area contributed by atoms with E-state index in [1.807, 2.05) is 0 Å². The Morgan fingerprint density at radius 1 is 1.36 bits per heavy atom. The quantitative estimate of drug-likeness (QED) is 0.750. The summed E-state index contributed by atoms with van der Waals surface area (Å²) in [4.78, 5) is 17.2. The maximum atomic E-state index is 12.3. The highest BCUT2D eigenvalue weighted by atomic mass is 35.5. The number of nitrogens with zero attached hydrogens (tertiary/aromatic N) is 1. The lowest BCUT2D eigenvalue weighted by Gasteiger charge is -2.03. The fourth-order valence-electron chi connectivity index (χ4n) is 2.13. The van der Waals surface area contributed by atoms with Crippen LogP contribution >= 0.6 is 23.4 Å². The average Bonchev–Trinajstić information content (AvgIpc) is 3.19. The second kappa shape index (κ2) is 7.63. The summed E-state index contributed by atoms with van der Waals surface area (Å²) in [5, 5.41) is 11.4. The Morgan fingerprint density at radius 3 is 2.76 bits per heavy atom. The van der Waals surface area contributed by atoms with E-state index < -0.39 is 5.97 Å². The van der Waals surface area contributed by atoms with Gasteiger partial charge >= 0.3 is 5.97 Å². The first-order valence-corrected chi connectivity index (χ1v) is 8.66. The van der Waals surface area contributed by atoms with Gasteiger partial charge in [-0.3, -0.25) is 0 Å². The van der Waals surface area contributed by atoms with Gasteiger partial charge in [-0.15, -0.1) is 0 Å². The number of carbonyl (C=O) groups excluding carboxylic acids is 1. The largest absolute Gasteiger partial charge is 0.506 e. The van der Waals surface area contributed by atoms with Crippen molar-refractivity contribution in [1.82, 2.24) is 0 Å². The van der Waals surface area contributed by atoms with E-state index in [9.17, 15) is 9.90 Å². The number of benzene rings is 1. The van der Waals surface area contributed by atoms with Crippen molar-refractivity contribution in [3.05, 3.63) is 69.7 Å². The summed E-state index contributed by atoms with van der Waals surface area (Å²) in [5.41, 5.74) is 0.653. The molecule has 3 rings (SSSR count). The van der Waals surface area contributed by atoms with E-state index in [1.54, 1.807) is 49.4 Å². The van der Waals surface area contributed by atoms with Crippen LogP contribution in [0, 0.1) is 0 Å². The minimum absolute atomic E-state index is 0.0413. The molecule has 0 atom stereocenters. The highest BCUT2D eigenvalue weighted by Gasteiger charge is 2.33. The third-order valence-corrected chi connectivity index (χ3v) is 4.52. The van der Waals surface area contributed by atoms with Gasteiger partial charge in [-0.25, -0.2) is 9.79 Å². The number of ether oxygens (including phenoxy) is 1. The van der Waals surface area contributed by atoms with Crippen LogP contribution in [0.15, 0.2) is 68.3 Å². The van der Waals surface area contributed by atoms with E-state index in [1.165, 1.54) is 18.0 Å². The van der Waals surface area contributed by atoms with Crippen molar-refractivity contribution in [2.75, 3.05) is 6.61 Å². The van der Waals surface area contributed by atoms with E-state index >= 15 is 0 Å². The number of aliphatic hydroxyl groups excluding tert-OH is 1. The molecule has 5 nitrogen and oxygen atoms in total. The van der Waals surface area contributed by atoms with Crippen LogP contribution in [0.1, 0.15) is 12.7 Å². The van der Waals surface area contributed by atoms with E-state index in [-0.39, 0.29) is 17.9 Å². The smallest absolute Gasteiger partial charge is 0.344 e. The molecule has 0 spiro atoms. The molecule has 0 fully saturated rings. The van der Waals surface area contributed by atoms with Crippen LogP contribution in [0.3, 0.4) is 0 Å². The summed E-state index contributed by atoms with van der Waals surface area (Å²) >= 11 is 7.05. The number of hydrogen-bond donors (Lipinski definition) is 1. The highest BCUT2D eigenvalue weighted by Crippen LogP contribution is 2.40. The van der Waals surface area contributed by atoms with Gasteiger partial charge in [0.1, 0.15) is 22.1 Å². The lowest BCUT2D eigenvalue weighted by Crippen LogP contribution is -2.12. The Hall–Kier alpha value is -2.44. The summed E-state index contributed by atoms with van der Waals surface area (Å²) in [6.07, 6.45) is 3.17. The molecule has 0 radical (unpaired) electrons. The molecular formula is C18H14ClNO4S. The fraction of sp³-hybridized carbons (Fsp3) is 0.111. The molecule has 128 valence electrons. The van der Waals surface area contributed by atoms with Crippen molar-refractivity contribution in [2.24, 2.45) is 4.99 Å². The predicted molar refractivity (Wildman–Crippen MR) is 99.1 cm³/mol. The minimum atomic E-state index is -0.622. The van der Waals surface area contributed by atoms with Crippen molar-refractivity contribution in [2.45, 2.75) is 6.92 Å². The summed E-state index contributed by atoms with van der Waals surface area (Å²) in [7, 11) is 0. The number of thioether (sulfide) groups is 1. The fourth-order valence-corrected chi connectivity index (χ4v) is 3.27. The van der Waals surface area contributed by atoms with Gasteiger partial charge < -0.3 is 14.3 Å². The predicted octanol–water partition coefficient (Wildman–Crippen LogP) is 5.13. The Bertz CT molecular complexity index is 867. The normalized spacial score (nSPS) is 17.5. The van der Waals surface area contributed by atoms with E-state index in [0.29, 0.717) is 26.4 Å². The Morgan fingerprint density at radius 2 is 2.12 bits per heavy atom. The maximum absolute atomic E-state index is 12.3. The Kier molecular flexibility index (Phi) is 5.31. The number of carbonyl (C=O) groups is 1. The molecule has 1 aliphatic rings. The molecule has 0 saturated carbocycles. The highest BCUT2D eigenvalue weighted by molar-refractivity contribution is 8.18. The second-order valence-corrected chi connectivity index (χ2v) is 6.43. The molecular weight excluding hydrogens is 362 g/mol. The van der Waals surface area contributed by atoms with Crippen LogP contribution in [0.4, 0.5) is 5.69 Å². The molecule has 0 unspecified atom stereocenters. The number of furan rings is 1. The monoisotopic (exact) mass is 375 g/mol. The molecule has 1 aromatic carbocycles. The maximum Gasteiger partial charge on any atom is 0.344 e. The lowest BCUT2D eigenvalue weighted by molar-refractivity contribution is -0.138.